The molecule has 344 valence electrons. The van der Waals surface area contributed by atoms with Crippen molar-refractivity contribution in [1.29, 1.82) is 0 Å². The van der Waals surface area contributed by atoms with Gasteiger partial charge in [-0.25, -0.2) is 0 Å². The molecular formula is C32H55NO26. The fourth-order valence-electron chi connectivity index (χ4n) is 7.33. The maximum absolute atomic E-state index is 12.3. The molecule has 5 heterocycles. The van der Waals surface area contributed by atoms with Gasteiger partial charge in [0.15, 0.2) is 31.5 Å². The molecule has 25 atom stereocenters. The van der Waals surface area contributed by atoms with E-state index in [1.54, 1.807) is 0 Å². The van der Waals surface area contributed by atoms with Gasteiger partial charge in [0.25, 0.3) is 0 Å². The van der Waals surface area contributed by atoms with Crippen molar-refractivity contribution in [3.63, 3.8) is 0 Å². The molecule has 27 nitrogen and oxygen atoms in total. The predicted molar refractivity (Wildman–Crippen MR) is 178 cm³/mol. The summed E-state index contributed by atoms with van der Waals surface area (Å²) < 4.78 is 50.2. The van der Waals surface area contributed by atoms with Crippen LogP contribution in [0.4, 0.5) is 0 Å². The lowest BCUT2D eigenvalue weighted by atomic mass is 9.95. The van der Waals surface area contributed by atoms with Crippen molar-refractivity contribution >= 4 is 5.91 Å². The molecule has 1 amide bonds. The second kappa shape index (κ2) is 20.8. The minimum absolute atomic E-state index is 0.766. The summed E-state index contributed by atoms with van der Waals surface area (Å²) in [5.41, 5.74) is 0. The molecule has 17 N–H and O–H groups in total. The van der Waals surface area contributed by atoms with E-state index in [0.29, 0.717) is 0 Å². The Hall–Kier alpha value is -1.53. The maximum atomic E-state index is 12.3. The van der Waals surface area contributed by atoms with Gasteiger partial charge in [-0.3, -0.25) is 4.79 Å². The summed E-state index contributed by atoms with van der Waals surface area (Å²) in [7, 11) is 0. The van der Waals surface area contributed by atoms with Gasteiger partial charge < -0.3 is 130 Å². The molecule has 5 rings (SSSR count). The highest BCUT2D eigenvalue weighted by Crippen LogP contribution is 2.34. The van der Waals surface area contributed by atoms with Gasteiger partial charge in [-0.1, -0.05) is 0 Å². The molecule has 0 radical (unpaired) electrons. The zero-order chi connectivity index (χ0) is 43.6. The van der Waals surface area contributed by atoms with E-state index in [-0.39, 0.29) is 0 Å². The summed E-state index contributed by atoms with van der Waals surface area (Å²) in [5, 5.41) is 169. The van der Waals surface area contributed by atoms with Crippen molar-refractivity contribution in [2.24, 2.45) is 0 Å². The standard InChI is InChI=1S/C32H55NO26/c1-7(38)33-13-17(42)25(57-30-22(47)18(43)14(39)8(2-34)53-30)11(5-37)55-29(13)51-6-12-16(41)27(59-31-23(48)19(44)15(40)9(3-35)54-31)24(49)32(56-12)58-26-10(4-36)52-28(50)21(46)20(26)45/h8-32,34-37,39-50H,2-6H2,1H3,(H,33,38)/t8-,9-,10-,11-,12-,13-,14+,15+,16+,17-,18+,19+,20-,21-,22-,23-,24-,25-,26-,27+,28-,29-,30+,31+,32+/m1/s1. The first-order valence-electron chi connectivity index (χ1n) is 18.6. The minimum atomic E-state index is -2.14. The fourth-order valence-corrected chi connectivity index (χ4v) is 7.33. The quantitative estimate of drug-likeness (QED) is 0.0770. The second-order valence-electron chi connectivity index (χ2n) is 14.7. The van der Waals surface area contributed by atoms with Crippen LogP contribution in [0.2, 0.25) is 0 Å². The van der Waals surface area contributed by atoms with Crippen LogP contribution < -0.4 is 5.32 Å². The number of aliphatic hydroxyl groups is 16. The summed E-state index contributed by atoms with van der Waals surface area (Å²) in [6.07, 6.45) is -44.2. The van der Waals surface area contributed by atoms with E-state index < -0.39 is 192 Å². The number of carbonyl (C=O) groups is 1. The Morgan fingerprint density at radius 2 is 0.864 bits per heavy atom. The molecule has 27 heteroatoms. The number of hydrogen-bond donors (Lipinski definition) is 17. The zero-order valence-corrected chi connectivity index (χ0v) is 31.2. The molecule has 5 fully saturated rings. The van der Waals surface area contributed by atoms with E-state index in [4.69, 9.17) is 42.6 Å². The largest absolute Gasteiger partial charge is 0.394 e. The normalized spacial score (nSPS) is 51.0. The smallest absolute Gasteiger partial charge is 0.217 e. The molecule has 0 aromatic heterocycles. The van der Waals surface area contributed by atoms with Crippen LogP contribution in [0.15, 0.2) is 0 Å². The van der Waals surface area contributed by atoms with Crippen LogP contribution in [-0.4, -0.2) is 274 Å². The van der Waals surface area contributed by atoms with Crippen LogP contribution >= 0.6 is 0 Å². The van der Waals surface area contributed by atoms with Crippen LogP contribution in [0, 0.1) is 0 Å². The van der Waals surface area contributed by atoms with Gasteiger partial charge in [-0.15, -0.1) is 0 Å². The Labute approximate surface area is 333 Å². The second-order valence-corrected chi connectivity index (χ2v) is 14.7. The van der Waals surface area contributed by atoms with Crippen molar-refractivity contribution in [2.45, 2.75) is 160 Å². The Bertz CT molecular complexity index is 1320. The first-order valence-corrected chi connectivity index (χ1v) is 18.6. The van der Waals surface area contributed by atoms with Gasteiger partial charge in [0, 0.05) is 6.92 Å². The number of amides is 1. The summed E-state index contributed by atoms with van der Waals surface area (Å²) in [6, 6.07) is -1.60. The highest BCUT2D eigenvalue weighted by Gasteiger charge is 2.55. The van der Waals surface area contributed by atoms with Crippen molar-refractivity contribution in [3.8, 4) is 0 Å². The number of carbonyl (C=O) groups excluding carboxylic acids is 1. The summed E-state index contributed by atoms with van der Waals surface area (Å²) in [4.78, 5) is 12.3. The lowest BCUT2D eigenvalue weighted by Gasteiger charge is -2.49. The molecule has 0 saturated carbocycles. The Morgan fingerprint density at radius 1 is 0.441 bits per heavy atom. The van der Waals surface area contributed by atoms with Gasteiger partial charge in [-0.05, 0) is 0 Å². The molecule has 5 aliphatic heterocycles. The SMILES string of the molecule is CC(=O)N[C@H]1[C@H](OC[C@H]2O[C@@H](O[C@H]3[C@H](O)[C@@H](O)[C@H](O)O[C@@H]3CO)[C@H](O)[C@@H](O[C@@H]3O[C@H](CO)[C@H](O)[C@H](O)[C@H]3O)[C@H]2O)O[C@H](CO)[C@@H](O[C@@H]2O[C@H](CO)[C@H](O)[C@H](O)[C@H]2O)[C@@H]1O. The molecule has 5 aliphatic rings. The van der Waals surface area contributed by atoms with Gasteiger partial charge >= 0.3 is 0 Å². The molecule has 0 unspecified atom stereocenters. The highest BCUT2D eigenvalue weighted by atomic mass is 16.8. The molecule has 0 aromatic carbocycles. The van der Waals surface area contributed by atoms with E-state index in [2.05, 4.69) is 5.32 Å². The molecule has 0 bridgehead atoms. The van der Waals surface area contributed by atoms with Crippen LogP contribution in [0.5, 0.6) is 0 Å². The van der Waals surface area contributed by atoms with Crippen molar-refractivity contribution in [3.05, 3.63) is 0 Å². The summed E-state index contributed by atoms with van der Waals surface area (Å²) in [6.45, 7) is -3.34. The van der Waals surface area contributed by atoms with Gasteiger partial charge in [0.05, 0.1) is 33.0 Å². The van der Waals surface area contributed by atoms with E-state index in [0.717, 1.165) is 6.92 Å². The van der Waals surface area contributed by atoms with Crippen LogP contribution in [0.3, 0.4) is 0 Å². The van der Waals surface area contributed by atoms with Crippen LogP contribution in [-0.2, 0) is 47.4 Å². The third-order valence-corrected chi connectivity index (χ3v) is 10.7. The Kier molecular flexibility index (Phi) is 17.1. The van der Waals surface area contributed by atoms with E-state index in [9.17, 15) is 86.5 Å². The molecule has 5 saturated heterocycles. The number of aliphatic hydroxyl groups excluding tert-OH is 16. The van der Waals surface area contributed by atoms with Gasteiger partial charge in [-0.2, -0.15) is 0 Å². The molecule has 0 spiro atoms. The van der Waals surface area contributed by atoms with Crippen LogP contribution in [0.25, 0.3) is 0 Å². The van der Waals surface area contributed by atoms with E-state index in [1.165, 1.54) is 0 Å². The van der Waals surface area contributed by atoms with Gasteiger partial charge in [0.2, 0.25) is 5.91 Å². The predicted octanol–water partition coefficient (Wildman–Crippen LogP) is -11.8. The average Bonchev–Trinajstić information content (AvgIpc) is 3.21. The first kappa shape index (κ1) is 48.5. The maximum Gasteiger partial charge on any atom is 0.217 e. The number of hydrogen-bond acceptors (Lipinski definition) is 26. The average molecular weight is 870 g/mol. The highest BCUT2D eigenvalue weighted by molar-refractivity contribution is 5.73. The molecular weight excluding hydrogens is 814 g/mol. The lowest BCUT2D eigenvalue weighted by molar-refractivity contribution is -0.383. The van der Waals surface area contributed by atoms with Gasteiger partial charge in [0.1, 0.15) is 122 Å². The number of rotatable bonds is 14. The molecule has 0 aromatic rings. The lowest BCUT2D eigenvalue weighted by Crippen LogP contribution is -2.68. The monoisotopic (exact) mass is 869 g/mol. The zero-order valence-electron chi connectivity index (χ0n) is 31.2. The van der Waals surface area contributed by atoms with Crippen molar-refractivity contribution < 1.29 is 129 Å². The van der Waals surface area contributed by atoms with Crippen molar-refractivity contribution in [2.75, 3.05) is 33.0 Å². The van der Waals surface area contributed by atoms with E-state index >= 15 is 0 Å². The Balaban J connectivity index is 1.38. The number of ether oxygens (including phenoxy) is 9. The molecule has 0 aliphatic carbocycles. The summed E-state index contributed by atoms with van der Waals surface area (Å²) >= 11 is 0. The summed E-state index contributed by atoms with van der Waals surface area (Å²) in [5.74, 6) is -0.766. The minimum Gasteiger partial charge on any atom is -0.394 e. The van der Waals surface area contributed by atoms with E-state index in [1.807, 2.05) is 0 Å². The fraction of sp³-hybridized carbons (Fsp3) is 0.969. The topological polar surface area (TPSA) is 436 Å². The third kappa shape index (κ3) is 10.3. The first-order chi connectivity index (χ1) is 27.9. The van der Waals surface area contributed by atoms with Crippen molar-refractivity contribution in [1.82, 2.24) is 5.32 Å². The third-order valence-electron chi connectivity index (χ3n) is 10.7. The Morgan fingerprint density at radius 3 is 1.36 bits per heavy atom. The van der Waals surface area contributed by atoms with Crippen LogP contribution in [0.1, 0.15) is 6.92 Å². The molecule has 59 heavy (non-hydrogen) atoms. The number of nitrogens with one attached hydrogen (secondary N) is 1.